The SMILES string of the molecule is CCCCCCCCCCCCCCCCCCSC[C@@H](COP(=O)(O)CCC[N+](C)(C)C)NC(=O)CCCCCCCCCCCCCCCCC. The first-order valence-corrected chi connectivity index (χ1v) is 26.1. The maximum Gasteiger partial charge on any atom is 0.328 e. The summed E-state index contributed by atoms with van der Waals surface area (Å²) in [6.45, 7) is 5.49. The molecule has 1 unspecified atom stereocenters. The Hall–Kier alpha value is -0.0700. The summed E-state index contributed by atoms with van der Waals surface area (Å²) in [5.74, 6) is 1.83. The van der Waals surface area contributed by atoms with Gasteiger partial charge in [0, 0.05) is 18.6 Å². The Morgan fingerprint density at radius 2 is 0.943 bits per heavy atom. The quantitative estimate of drug-likeness (QED) is 0.0366. The zero-order valence-electron chi connectivity index (χ0n) is 36.4. The molecule has 0 heterocycles. The lowest BCUT2D eigenvalue weighted by Gasteiger charge is -2.24. The van der Waals surface area contributed by atoms with Crippen molar-refractivity contribution in [1.82, 2.24) is 5.32 Å². The van der Waals surface area contributed by atoms with Crippen LogP contribution in [0.15, 0.2) is 0 Å². The second-order valence-electron chi connectivity index (χ2n) is 17.4. The van der Waals surface area contributed by atoms with E-state index in [1.807, 2.05) is 11.8 Å². The zero-order valence-corrected chi connectivity index (χ0v) is 38.1. The number of thioether (sulfide) groups is 1. The monoisotopic (exact) mass is 790 g/mol. The number of nitrogens with one attached hydrogen (secondary N) is 1. The molecule has 0 aliphatic rings. The van der Waals surface area contributed by atoms with Crippen LogP contribution in [0.2, 0.25) is 0 Å². The maximum absolute atomic E-state index is 12.9. The Labute approximate surface area is 336 Å². The van der Waals surface area contributed by atoms with Crippen molar-refractivity contribution in [2.45, 2.75) is 232 Å². The van der Waals surface area contributed by atoms with Crippen LogP contribution in [0, 0.1) is 0 Å². The molecule has 53 heavy (non-hydrogen) atoms. The van der Waals surface area contributed by atoms with Crippen LogP contribution in [0.25, 0.3) is 0 Å². The number of amides is 1. The molecule has 0 saturated heterocycles. The molecule has 2 atom stereocenters. The third-order valence-corrected chi connectivity index (χ3v) is 13.2. The number of unbranched alkanes of at least 4 members (excludes halogenated alkanes) is 29. The predicted molar refractivity (Wildman–Crippen MR) is 237 cm³/mol. The summed E-state index contributed by atoms with van der Waals surface area (Å²) in [7, 11) is 2.58. The fourth-order valence-electron chi connectivity index (χ4n) is 7.08. The van der Waals surface area contributed by atoms with Crippen molar-refractivity contribution < 1.29 is 23.3 Å². The van der Waals surface area contributed by atoms with Crippen LogP contribution in [-0.4, -0.2) is 73.3 Å². The van der Waals surface area contributed by atoms with Gasteiger partial charge in [0.05, 0.1) is 46.5 Å². The van der Waals surface area contributed by atoms with Gasteiger partial charge in [-0.2, -0.15) is 11.8 Å². The minimum absolute atomic E-state index is 0.0501. The lowest BCUT2D eigenvalue weighted by atomic mass is 10.0. The summed E-state index contributed by atoms with van der Waals surface area (Å²) in [5.41, 5.74) is 0. The molecule has 0 radical (unpaired) electrons. The molecule has 0 rings (SSSR count). The van der Waals surface area contributed by atoms with Crippen molar-refractivity contribution in [2.75, 3.05) is 52.0 Å². The van der Waals surface area contributed by atoms with Gasteiger partial charge in [0.25, 0.3) is 0 Å². The molecule has 0 bridgehead atoms. The molecule has 2 N–H and O–H groups in total. The Morgan fingerprint density at radius 1 is 0.585 bits per heavy atom. The fraction of sp³-hybridized carbons (Fsp3) is 0.978. The van der Waals surface area contributed by atoms with E-state index in [-0.39, 0.29) is 24.7 Å². The van der Waals surface area contributed by atoms with Crippen molar-refractivity contribution in [3.05, 3.63) is 0 Å². The summed E-state index contributed by atoms with van der Waals surface area (Å²) in [5, 5.41) is 3.16. The number of rotatable bonds is 43. The Kier molecular flexibility index (Phi) is 38.7. The van der Waals surface area contributed by atoms with Crippen LogP contribution in [0.5, 0.6) is 0 Å². The highest BCUT2D eigenvalue weighted by Crippen LogP contribution is 2.42. The molecule has 0 aromatic rings. The maximum atomic E-state index is 12.9. The van der Waals surface area contributed by atoms with Gasteiger partial charge in [-0.3, -0.25) is 9.36 Å². The molecule has 0 fully saturated rings. The number of hydrogen-bond acceptors (Lipinski definition) is 4. The summed E-state index contributed by atoms with van der Waals surface area (Å²) in [6.07, 6.45) is 43.0. The van der Waals surface area contributed by atoms with Gasteiger partial charge in [-0.25, -0.2) is 0 Å². The van der Waals surface area contributed by atoms with E-state index in [1.54, 1.807) is 0 Å². The minimum atomic E-state index is -3.68. The molecule has 0 saturated carbocycles. The lowest BCUT2D eigenvalue weighted by molar-refractivity contribution is -0.870. The highest BCUT2D eigenvalue weighted by Gasteiger charge is 2.24. The Morgan fingerprint density at radius 3 is 1.32 bits per heavy atom. The van der Waals surface area contributed by atoms with E-state index in [1.165, 1.54) is 186 Å². The molecule has 0 aromatic carbocycles. The molecule has 318 valence electrons. The number of nitrogens with zero attached hydrogens (tertiary/aromatic N) is 1. The second-order valence-corrected chi connectivity index (χ2v) is 20.5. The normalized spacial score (nSPS) is 13.7. The average Bonchev–Trinajstić information content (AvgIpc) is 3.11. The van der Waals surface area contributed by atoms with Crippen molar-refractivity contribution >= 4 is 25.3 Å². The highest BCUT2D eigenvalue weighted by atomic mass is 32.2. The number of carbonyl (C=O) groups excluding carboxylic acids is 1. The topological polar surface area (TPSA) is 75.6 Å². The molecule has 1 amide bonds. The average molecular weight is 790 g/mol. The van der Waals surface area contributed by atoms with E-state index < -0.39 is 7.60 Å². The van der Waals surface area contributed by atoms with Crippen molar-refractivity contribution in [3.8, 4) is 0 Å². The minimum Gasteiger partial charge on any atom is -0.350 e. The molecular weight excluding hydrogens is 696 g/mol. The first-order valence-electron chi connectivity index (χ1n) is 23.2. The van der Waals surface area contributed by atoms with Gasteiger partial charge in [0.1, 0.15) is 0 Å². The van der Waals surface area contributed by atoms with Crippen molar-refractivity contribution in [3.63, 3.8) is 0 Å². The molecule has 0 aliphatic carbocycles. The van der Waals surface area contributed by atoms with Crippen LogP contribution in [0.3, 0.4) is 0 Å². The van der Waals surface area contributed by atoms with Crippen molar-refractivity contribution in [1.29, 1.82) is 0 Å². The van der Waals surface area contributed by atoms with Gasteiger partial charge in [-0.05, 0) is 18.6 Å². The van der Waals surface area contributed by atoms with Crippen LogP contribution in [0.1, 0.15) is 226 Å². The first kappa shape index (κ1) is 52.9. The number of carbonyl (C=O) groups is 1. The molecule has 8 heteroatoms. The lowest BCUT2D eigenvalue weighted by Crippen LogP contribution is -2.40. The zero-order chi connectivity index (χ0) is 39.1. The van der Waals surface area contributed by atoms with Gasteiger partial charge in [0.15, 0.2) is 0 Å². The van der Waals surface area contributed by atoms with E-state index in [0.717, 1.165) is 35.4 Å². The van der Waals surface area contributed by atoms with Crippen LogP contribution >= 0.6 is 19.4 Å². The van der Waals surface area contributed by atoms with Gasteiger partial charge in [-0.1, -0.05) is 200 Å². The molecule has 0 aromatic heterocycles. The molecule has 0 spiro atoms. The summed E-state index contributed by atoms with van der Waals surface area (Å²) >= 11 is 1.84. The van der Waals surface area contributed by atoms with E-state index >= 15 is 0 Å². The Bertz CT molecular complexity index is 825. The van der Waals surface area contributed by atoms with Crippen molar-refractivity contribution in [2.24, 2.45) is 0 Å². The number of hydrogen-bond donors (Lipinski definition) is 2. The standard InChI is InChI=1S/C45H93N2O4PS/c1-6-8-10-12-14-16-18-20-22-24-26-28-30-32-34-36-41-53-43-44(42-51-52(49,50)40-37-39-47(3,4)5)46-45(48)38-35-33-31-29-27-25-23-21-19-17-15-13-11-9-7-2/h44H,6-43H2,1-5H3,(H-,46,48,49,50)/p+1/t44-/m1/s1. The van der Waals surface area contributed by atoms with Gasteiger partial charge in [0.2, 0.25) is 5.91 Å². The van der Waals surface area contributed by atoms with E-state index in [4.69, 9.17) is 4.52 Å². The predicted octanol–water partition coefficient (Wildman–Crippen LogP) is 14.0. The second kappa shape index (κ2) is 38.8. The first-order chi connectivity index (χ1) is 25.6. The fourth-order valence-corrected chi connectivity index (χ4v) is 9.20. The summed E-state index contributed by atoms with van der Waals surface area (Å²) in [4.78, 5) is 23.4. The van der Waals surface area contributed by atoms with Gasteiger partial charge >= 0.3 is 7.60 Å². The third kappa shape index (κ3) is 42.9. The Balaban J connectivity index is 4.17. The molecular formula is C45H94N2O4PS+. The molecule has 0 aliphatic heterocycles. The smallest absolute Gasteiger partial charge is 0.328 e. The van der Waals surface area contributed by atoms with E-state index in [2.05, 4.69) is 40.3 Å². The van der Waals surface area contributed by atoms with Crippen LogP contribution in [-0.2, 0) is 13.9 Å². The third-order valence-electron chi connectivity index (χ3n) is 10.6. The largest absolute Gasteiger partial charge is 0.350 e. The van der Waals surface area contributed by atoms with E-state index in [9.17, 15) is 14.3 Å². The highest BCUT2D eigenvalue weighted by molar-refractivity contribution is 7.99. The van der Waals surface area contributed by atoms with Gasteiger partial charge < -0.3 is 19.2 Å². The van der Waals surface area contributed by atoms with Gasteiger partial charge in [-0.15, -0.1) is 0 Å². The van der Waals surface area contributed by atoms with Crippen LogP contribution in [0.4, 0.5) is 0 Å². The number of quaternary nitrogens is 1. The molecule has 6 nitrogen and oxygen atoms in total. The van der Waals surface area contributed by atoms with E-state index in [0.29, 0.717) is 12.8 Å². The summed E-state index contributed by atoms with van der Waals surface area (Å²) < 4.78 is 19.1. The van der Waals surface area contributed by atoms with Crippen LogP contribution < -0.4 is 5.32 Å². The summed E-state index contributed by atoms with van der Waals surface area (Å²) in [6, 6.07) is -0.233.